The third-order valence-electron chi connectivity index (χ3n) is 8.99. The number of nitrogens with one attached hydrogen (secondary N) is 1. The van der Waals surface area contributed by atoms with Crippen molar-refractivity contribution in [2.45, 2.75) is 43.5 Å². The van der Waals surface area contributed by atoms with Gasteiger partial charge in [-0.1, -0.05) is 30.0 Å². The average molecular weight is 698 g/mol. The largest absolute Gasteiger partial charge is 0.489 e. The van der Waals surface area contributed by atoms with Gasteiger partial charge in [0.1, 0.15) is 17.5 Å². The Balaban J connectivity index is 1.07. The van der Waals surface area contributed by atoms with Crippen LogP contribution in [0.25, 0.3) is 11.3 Å². The molecule has 2 aliphatic heterocycles. The number of piperazine rings is 1. The SMILES string of the molecule is COC(=C=O)CN1CCC(CN2CCN(C(=O)CCc3cccc(CSc4nc(N)c(C#N)c(-c5ccc(NC(C)=O)cc5)n4)n3)CC2)CC1. The number of amides is 2. The lowest BCUT2D eigenvalue weighted by Crippen LogP contribution is -2.50. The summed E-state index contributed by atoms with van der Waals surface area (Å²) in [6, 6.07) is 14.9. The van der Waals surface area contributed by atoms with Gasteiger partial charge in [0.05, 0.1) is 25.0 Å². The van der Waals surface area contributed by atoms with E-state index in [-0.39, 0.29) is 23.2 Å². The molecule has 2 aliphatic rings. The molecule has 1 aromatic carbocycles. The van der Waals surface area contributed by atoms with E-state index in [9.17, 15) is 19.6 Å². The van der Waals surface area contributed by atoms with Crippen molar-refractivity contribution < 1.29 is 19.1 Å². The number of pyridine rings is 1. The Labute approximate surface area is 296 Å². The van der Waals surface area contributed by atoms with E-state index >= 15 is 0 Å². The Morgan fingerprint density at radius 2 is 1.72 bits per heavy atom. The second kappa shape index (κ2) is 17.7. The van der Waals surface area contributed by atoms with Crippen molar-refractivity contribution in [3.63, 3.8) is 0 Å². The highest BCUT2D eigenvalue weighted by atomic mass is 32.2. The second-order valence-electron chi connectivity index (χ2n) is 12.5. The van der Waals surface area contributed by atoms with Gasteiger partial charge in [-0.25, -0.2) is 14.8 Å². The molecule has 262 valence electrons. The fourth-order valence-electron chi connectivity index (χ4n) is 6.25. The van der Waals surface area contributed by atoms with Crippen molar-refractivity contribution in [2.75, 3.05) is 70.5 Å². The molecule has 0 bridgehead atoms. The quantitative estimate of drug-likeness (QED) is 0.116. The number of benzene rings is 1. The summed E-state index contributed by atoms with van der Waals surface area (Å²) in [6.07, 6.45) is 3.14. The number of methoxy groups -OCH3 is 1. The fraction of sp³-hybridized carbons (Fsp3) is 0.444. The molecule has 2 saturated heterocycles. The minimum atomic E-state index is -0.174. The number of likely N-dealkylation sites (tertiary alicyclic amines) is 1. The van der Waals surface area contributed by atoms with Gasteiger partial charge in [-0.05, 0) is 62.5 Å². The highest BCUT2D eigenvalue weighted by Crippen LogP contribution is 2.29. The molecule has 3 aromatic rings. The lowest BCUT2D eigenvalue weighted by Gasteiger charge is -2.38. The van der Waals surface area contributed by atoms with Gasteiger partial charge in [-0.2, -0.15) is 5.26 Å². The number of hydrogen-bond donors (Lipinski definition) is 2. The zero-order chi connectivity index (χ0) is 35.5. The van der Waals surface area contributed by atoms with Crippen LogP contribution in [-0.4, -0.2) is 107 Å². The molecule has 0 radical (unpaired) electrons. The molecule has 0 spiro atoms. The molecule has 14 heteroatoms. The number of aryl methyl sites for hydroxylation is 1. The first-order valence-corrected chi connectivity index (χ1v) is 17.8. The molecule has 2 amide bonds. The number of nitriles is 1. The van der Waals surface area contributed by atoms with Crippen molar-refractivity contribution in [3.8, 4) is 17.3 Å². The van der Waals surface area contributed by atoms with Gasteiger partial charge >= 0.3 is 0 Å². The number of carbonyl (C=O) groups is 2. The molecule has 4 heterocycles. The van der Waals surface area contributed by atoms with Crippen LogP contribution >= 0.6 is 11.8 Å². The van der Waals surface area contributed by atoms with Gasteiger partial charge in [-0.15, -0.1) is 0 Å². The molecule has 0 aliphatic carbocycles. The molecule has 0 saturated carbocycles. The topological polar surface area (TPSA) is 171 Å². The van der Waals surface area contributed by atoms with Gasteiger partial charge in [0.25, 0.3) is 0 Å². The fourth-order valence-corrected chi connectivity index (χ4v) is 7.01. The van der Waals surface area contributed by atoms with Gasteiger partial charge in [0.15, 0.2) is 16.9 Å². The van der Waals surface area contributed by atoms with Crippen LogP contribution in [0.5, 0.6) is 0 Å². The van der Waals surface area contributed by atoms with Gasteiger partial charge in [-0.3, -0.25) is 24.4 Å². The predicted molar refractivity (Wildman–Crippen MR) is 191 cm³/mol. The van der Waals surface area contributed by atoms with E-state index in [1.54, 1.807) is 24.3 Å². The molecular formula is C36H43N9O4S. The van der Waals surface area contributed by atoms with Crippen molar-refractivity contribution in [3.05, 3.63) is 65.2 Å². The Morgan fingerprint density at radius 3 is 2.38 bits per heavy atom. The van der Waals surface area contributed by atoms with Crippen molar-refractivity contribution >= 4 is 41.0 Å². The van der Waals surface area contributed by atoms with Crippen LogP contribution in [0.15, 0.2) is 53.4 Å². The maximum Gasteiger partial charge on any atom is 0.223 e. The van der Waals surface area contributed by atoms with E-state index in [0.717, 1.165) is 70.0 Å². The maximum atomic E-state index is 13.1. The minimum Gasteiger partial charge on any atom is -0.489 e. The Kier molecular flexibility index (Phi) is 12.9. The highest BCUT2D eigenvalue weighted by molar-refractivity contribution is 7.98. The molecule has 0 atom stereocenters. The van der Waals surface area contributed by atoms with Gasteiger partial charge in [0, 0.05) is 68.8 Å². The van der Waals surface area contributed by atoms with Gasteiger partial charge < -0.3 is 20.7 Å². The van der Waals surface area contributed by atoms with Crippen LogP contribution < -0.4 is 11.1 Å². The smallest absolute Gasteiger partial charge is 0.223 e. The molecular weight excluding hydrogens is 655 g/mol. The first-order chi connectivity index (χ1) is 24.2. The molecule has 5 rings (SSSR count). The van der Waals surface area contributed by atoms with E-state index in [2.05, 4.69) is 31.2 Å². The molecule has 13 nitrogen and oxygen atoms in total. The first-order valence-electron chi connectivity index (χ1n) is 16.8. The number of carbonyl (C=O) groups excluding carboxylic acids is 3. The maximum absolute atomic E-state index is 13.1. The molecule has 0 unspecified atom stereocenters. The number of piperidine rings is 1. The molecule has 3 N–H and O–H groups in total. The van der Waals surface area contributed by atoms with Crippen LogP contribution in [0.3, 0.4) is 0 Å². The lowest BCUT2D eigenvalue weighted by atomic mass is 9.96. The summed E-state index contributed by atoms with van der Waals surface area (Å²) in [5.74, 6) is 3.40. The van der Waals surface area contributed by atoms with Crippen molar-refractivity contribution in [1.82, 2.24) is 29.7 Å². The summed E-state index contributed by atoms with van der Waals surface area (Å²) in [4.78, 5) is 55.8. The van der Waals surface area contributed by atoms with E-state index in [1.807, 2.05) is 29.0 Å². The zero-order valence-electron chi connectivity index (χ0n) is 28.6. The van der Waals surface area contributed by atoms with Crippen LogP contribution in [-0.2, 0) is 31.3 Å². The van der Waals surface area contributed by atoms with Crippen LogP contribution in [0, 0.1) is 17.2 Å². The van der Waals surface area contributed by atoms with Gasteiger partial charge in [0.2, 0.25) is 11.8 Å². The molecule has 2 fully saturated rings. The summed E-state index contributed by atoms with van der Waals surface area (Å²) in [6.45, 7) is 8.13. The number of nitrogens with zero attached hydrogens (tertiary/aromatic N) is 7. The zero-order valence-corrected chi connectivity index (χ0v) is 29.4. The average Bonchev–Trinajstić information content (AvgIpc) is 3.13. The summed E-state index contributed by atoms with van der Waals surface area (Å²) in [5, 5.41) is 12.9. The normalized spacial score (nSPS) is 15.6. The third kappa shape index (κ3) is 10.1. The summed E-state index contributed by atoms with van der Waals surface area (Å²) in [5.41, 5.74) is 9.76. The minimum absolute atomic E-state index is 0.0963. The van der Waals surface area contributed by atoms with Crippen molar-refractivity contribution in [1.29, 1.82) is 5.26 Å². The predicted octanol–water partition coefficient (Wildman–Crippen LogP) is 3.39. The molecule has 2 aromatic heterocycles. The summed E-state index contributed by atoms with van der Waals surface area (Å²) in [7, 11) is 1.51. The number of thioether (sulfide) groups is 1. The Bertz CT molecular complexity index is 1740. The number of aromatic nitrogens is 3. The second-order valence-corrected chi connectivity index (χ2v) is 13.5. The monoisotopic (exact) mass is 697 g/mol. The number of hydrogen-bond acceptors (Lipinski definition) is 12. The van der Waals surface area contributed by atoms with Crippen molar-refractivity contribution in [2.24, 2.45) is 5.92 Å². The number of rotatable bonds is 13. The number of nitrogens with two attached hydrogens (primary N) is 1. The van der Waals surface area contributed by atoms with Crippen LogP contribution in [0.2, 0.25) is 0 Å². The van der Waals surface area contributed by atoms with E-state index in [1.165, 1.54) is 25.8 Å². The standard InChI is InChI=1S/C36H43N9O4S/c1-25(47)39-29-8-6-27(7-9-29)34-32(20-37)35(38)42-36(41-34)50-24-30-5-3-4-28(40-30)10-11-33(48)45-18-16-44(17-19-45)21-26-12-14-43(15-13-26)22-31(23-46)49-2/h3-9,26H,10-19,21-22,24H2,1-2H3,(H,39,47)(H2,38,41,42). The van der Waals surface area contributed by atoms with Crippen LogP contribution in [0.1, 0.15) is 43.1 Å². The number of nitrogen functional groups attached to an aromatic ring is 1. The van der Waals surface area contributed by atoms with E-state index in [4.69, 9.17) is 15.5 Å². The number of anilines is 2. The first kappa shape index (κ1) is 36.5. The lowest BCUT2D eigenvalue weighted by molar-refractivity contribution is -0.133. The van der Waals surface area contributed by atoms with E-state index < -0.39 is 0 Å². The summed E-state index contributed by atoms with van der Waals surface area (Å²) < 4.78 is 5.07. The summed E-state index contributed by atoms with van der Waals surface area (Å²) >= 11 is 1.37. The third-order valence-corrected chi connectivity index (χ3v) is 9.87. The Hall–Kier alpha value is -4.80. The van der Waals surface area contributed by atoms with Crippen LogP contribution in [0.4, 0.5) is 11.5 Å². The molecule has 50 heavy (non-hydrogen) atoms. The highest BCUT2D eigenvalue weighted by Gasteiger charge is 2.26. The van der Waals surface area contributed by atoms with E-state index in [0.29, 0.717) is 58.9 Å². The Morgan fingerprint density at radius 1 is 1.00 bits per heavy atom. The number of ether oxygens (including phenoxy) is 1.